The van der Waals surface area contributed by atoms with Gasteiger partial charge in [0.1, 0.15) is 0 Å². The largest absolute Gasteiger partial charge is 0.314 e. The van der Waals surface area contributed by atoms with Crippen molar-refractivity contribution in [1.29, 1.82) is 0 Å². The lowest BCUT2D eigenvalue weighted by molar-refractivity contribution is 0.493. The standard InChI is InChI=1S/C13H29NO2S/c1-5-10-14-12(3)9-7-8-11-17(15,16)13(4)6-2/h12-14H,5-11H2,1-4H3. The number of hydrogen-bond donors (Lipinski definition) is 1. The third-order valence-corrected chi connectivity index (χ3v) is 5.66. The minimum Gasteiger partial charge on any atom is -0.314 e. The minimum absolute atomic E-state index is 0.182. The zero-order valence-corrected chi connectivity index (χ0v) is 12.6. The molecule has 17 heavy (non-hydrogen) atoms. The summed E-state index contributed by atoms with van der Waals surface area (Å²) in [6.07, 6.45) is 4.72. The first-order chi connectivity index (χ1) is 7.94. The fraction of sp³-hybridized carbons (Fsp3) is 1.00. The Morgan fingerprint density at radius 2 is 1.76 bits per heavy atom. The Labute approximate surface area is 107 Å². The fourth-order valence-corrected chi connectivity index (χ4v) is 3.22. The average molecular weight is 263 g/mol. The van der Waals surface area contributed by atoms with E-state index in [4.69, 9.17) is 0 Å². The summed E-state index contributed by atoms with van der Waals surface area (Å²) in [5.74, 6) is 0.350. The molecular formula is C13H29NO2S. The molecule has 1 N–H and O–H groups in total. The third-order valence-electron chi connectivity index (χ3n) is 3.25. The van der Waals surface area contributed by atoms with Gasteiger partial charge in [-0.2, -0.15) is 0 Å². The van der Waals surface area contributed by atoms with Crippen molar-refractivity contribution in [2.45, 2.75) is 71.1 Å². The van der Waals surface area contributed by atoms with Gasteiger partial charge in [-0.05, 0) is 46.1 Å². The fourth-order valence-electron chi connectivity index (χ4n) is 1.70. The minimum atomic E-state index is -2.85. The van der Waals surface area contributed by atoms with Crippen molar-refractivity contribution in [2.24, 2.45) is 0 Å². The summed E-state index contributed by atoms with van der Waals surface area (Å²) in [5, 5.41) is 3.23. The molecule has 0 aromatic rings. The van der Waals surface area contributed by atoms with Gasteiger partial charge < -0.3 is 5.32 Å². The summed E-state index contributed by atoms with van der Waals surface area (Å²) in [4.78, 5) is 0. The first kappa shape index (κ1) is 16.9. The zero-order chi connectivity index (χ0) is 13.3. The lowest BCUT2D eigenvalue weighted by Crippen LogP contribution is -2.26. The van der Waals surface area contributed by atoms with Crippen molar-refractivity contribution in [3.63, 3.8) is 0 Å². The molecule has 0 spiro atoms. The highest BCUT2D eigenvalue weighted by atomic mass is 32.2. The van der Waals surface area contributed by atoms with E-state index >= 15 is 0 Å². The molecule has 0 bridgehead atoms. The molecule has 0 radical (unpaired) electrons. The highest BCUT2D eigenvalue weighted by Gasteiger charge is 2.18. The molecule has 0 aliphatic rings. The van der Waals surface area contributed by atoms with Crippen molar-refractivity contribution in [2.75, 3.05) is 12.3 Å². The van der Waals surface area contributed by atoms with Crippen molar-refractivity contribution >= 4 is 9.84 Å². The summed E-state index contributed by atoms with van der Waals surface area (Å²) in [6, 6.07) is 0.501. The number of nitrogens with one attached hydrogen (secondary N) is 1. The van der Waals surface area contributed by atoms with Crippen LogP contribution in [0.15, 0.2) is 0 Å². The Morgan fingerprint density at radius 1 is 1.12 bits per heavy atom. The summed E-state index contributed by atoms with van der Waals surface area (Å²) >= 11 is 0. The molecule has 0 amide bonds. The lowest BCUT2D eigenvalue weighted by Gasteiger charge is -2.13. The normalized spacial score (nSPS) is 15.8. The summed E-state index contributed by atoms with van der Waals surface area (Å²) < 4.78 is 23.5. The van der Waals surface area contributed by atoms with E-state index in [0.29, 0.717) is 11.8 Å². The van der Waals surface area contributed by atoms with Crippen LogP contribution in [0.3, 0.4) is 0 Å². The highest BCUT2D eigenvalue weighted by Crippen LogP contribution is 2.10. The van der Waals surface area contributed by atoms with Crippen LogP contribution in [0.25, 0.3) is 0 Å². The lowest BCUT2D eigenvalue weighted by atomic mass is 10.1. The van der Waals surface area contributed by atoms with Crippen LogP contribution in [-0.4, -0.2) is 32.0 Å². The molecule has 0 rings (SSSR count). The zero-order valence-electron chi connectivity index (χ0n) is 11.8. The van der Waals surface area contributed by atoms with Gasteiger partial charge in [0.15, 0.2) is 9.84 Å². The monoisotopic (exact) mass is 263 g/mol. The van der Waals surface area contributed by atoms with Gasteiger partial charge in [0, 0.05) is 6.04 Å². The number of unbranched alkanes of at least 4 members (excludes halogenated alkanes) is 1. The van der Waals surface area contributed by atoms with Gasteiger partial charge in [0.2, 0.25) is 0 Å². The predicted octanol–water partition coefficient (Wildman–Crippen LogP) is 2.76. The van der Waals surface area contributed by atoms with E-state index in [1.165, 1.54) is 0 Å². The van der Waals surface area contributed by atoms with E-state index < -0.39 is 9.84 Å². The highest BCUT2D eigenvalue weighted by molar-refractivity contribution is 7.91. The van der Waals surface area contributed by atoms with Crippen LogP contribution >= 0.6 is 0 Å². The Bertz CT molecular complexity index is 275. The Kier molecular flexibility index (Phi) is 8.88. The van der Waals surface area contributed by atoms with Gasteiger partial charge in [-0.1, -0.05) is 20.3 Å². The summed E-state index contributed by atoms with van der Waals surface area (Å²) in [6.45, 7) is 9.10. The Hall–Kier alpha value is -0.0900. The molecule has 3 nitrogen and oxygen atoms in total. The molecule has 2 atom stereocenters. The van der Waals surface area contributed by atoms with Crippen molar-refractivity contribution in [3.8, 4) is 0 Å². The van der Waals surface area contributed by atoms with E-state index in [2.05, 4.69) is 19.2 Å². The molecule has 2 unspecified atom stereocenters. The maximum Gasteiger partial charge on any atom is 0.152 e. The van der Waals surface area contributed by atoms with Crippen LogP contribution in [-0.2, 0) is 9.84 Å². The van der Waals surface area contributed by atoms with Gasteiger partial charge in [0.05, 0.1) is 11.0 Å². The van der Waals surface area contributed by atoms with E-state index in [0.717, 1.165) is 38.6 Å². The van der Waals surface area contributed by atoms with Crippen LogP contribution < -0.4 is 5.32 Å². The van der Waals surface area contributed by atoms with Gasteiger partial charge in [-0.3, -0.25) is 0 Å². The van der Waals surface area contributed by atoms with Gasteiger partial charge in [-0.15, -0.1) is 0 Å². The quantitative estimate of drug-likeness (QED) is 0.616. The van der Waals surface area contributed by atoms with Crippen LogP contribution in [0, 0.1) is 0 Å². The van der Waals surface area contributed by atoms with Gasteiger partial charge in [-0.25, -0.2) is 8.42 Å². The molecule has 104 valence electrons. The second-order valence-corrected chi connectivity index (χ2v) is 7.48. The van der Waals surface area contributed by atoms with E-state index in [9.17, 15) is 8.42 Å². The number of rotatable bonds is 10. The predicted molar refractivity (Wildman–Crippen MR) is 75.1 cm³/mol. The number of sulfone groups is 1. The second kappa shape index (κ2) is 8.92. The maximum absolute atomic E-state index is 11.8. The number of hydrogen-bond acceptors (Lipinski definition) is 3. The van der Waals surface area contributed by atoms with E-state index in [1.54, 1.807) is 6.92 Å². The maximum atomic E-state index is 11.8. The van der Waals surface area contributed by atoms with Gasteiger partial charge in [0.25, 0.3) is 0 Å². The molecule has 0 aromatic carbocycles. The Morgan fingerprint density at radius 3 is 2.29 bits per heavy atom. The second-order valence-electron chi connectivity index (χ2n) is 4.94. The molecule has 0 aromatic heterocycles. The molecule has 0 saturated heterocycles. The topological polar surface area (TPSA) is 46.2 Å². The van der Waals surface area contributed by atoms with Crippen LogP contribution in [0.2, 0.25) is 0 Å². The summed E-state index contributed by atoms with van der Waals surface area (Å²) in [7, 11) is -2.85. The van der Waals surface area contributed by atoms with E-state index in [-0.39, 0.29) is 5.25 Å². The first-order valence-corrected chi connectivity index (χ1v) is 8.60. The molecule has 4 heteroatoms. The smallest absolute Gasteiger partial charge is 0.152 e. The van der Waals surface area contributed by atoms with Crippen LogP contribution in [0.5, 0.6) is 0 Å². The van der Waals surface area contributed by atoms with E-state index in [1.807, 2.05) is 6.92 Å². The van der Waals surface area contributed by atoms with Crippen LogP contribution in [0.4, 0.5) is 0 Å². The van der Waals surface area contributed by atoms with Crippen molar-refractivity contribution in [3.05, 3.63) is 0 Å². The third kappa shape index (κ3) is 7.77. The average Bonchev–Trinajstić information content (AvgIpc) is 2.30. The first-order valence-electron chi connectivity index (χ1n) is 6.89. The molecule has 0 aliphatic carbocycles. The molecule has 0 aliphatic heterocycles. The summed E-state index contributed by atoms with van der Waals surface area (Å²) in [5.41, 5.74) is 0. The molecular weight excluding hydrogens is 234 g/mol. The van der Waals surface area contributed by atoms with Crippen molar-refractivity contribution in [1.82, 2.24) is 5.32 Å². The van der Waals surface area contributed by atoms with Gasteiger partial charge >= 0.3 is 0 Å². The molecule has 0 heterocycles. The molecule has 0 fully saturated rings. The Balaban J connectivity index is 3.71. The molecule has 0 saturated carbocycles. The van der Waals surface area contributed by atoms with Crippen LogP contribution in [0.1, 0.15) is 59.8 Å². The van der Waals surface area contributed by atoms with Crippen molar-refractivity contribution < 1.29 is 8.42 Å². The SMILES string of the molecule is CCCNC(C)CCCCS(=O)(=O)C(C)CC.